The Morgan fingerprint density at radius 1 is 1.56 bits per heavy atom. The van der Waals surface area contributed by atoms with Crippen LogP contribution in [0.15, 0.2) is 28.6 Å². The maximum absolute atomic E-state index is 11.7. The molecule has 1 amide bonds. The lowest BCUT2D eigenvalue weighted by Gasteiger charge is -2.01. The minimum Gasteiger partial charge on any atom is -0.364 e. The molecule has 2 aromatic heterocycles. The fourth-order valence-electron chi connectivity index (χ4n) is 1.20. The zero-order valence-electron chi connectivity index (χ0n) is 8.48. The van der Waals surface area contributed by atoms with E-state index in [1.54, 1.807) is 18.5 Å². The number of thiazole rings is 1. The topological polar surface area (TPSA) is 74.8 Å². The largest absolute Gasteiger partial charge is 0.364 e. The van der Waals surface area contributed by atoms with Crippen molar-refractivity contribution in [2.45, 2.75) is 6.92 Å². The van der Waals surface area contributed by atoms with Crippen LogP contribution in [0, 0.1) is 6.92 Å². The molecule has 2 rings (SSSR count). The van der Waals surface area contributed by atoms with Crippen molar-refractivity contribution in [2.24, 2.45) is 0 Å². The van der Waals surface area contributed by atoms with Crippen molar-refractivity contribution in [3.05, 3.63) is 45.3 Å². The molecule has 82 valence electrons. The van der Waals surface area contributed by atoms with Gasteiger partial charge in [-0.25, -0.2) is 4.98 Å². The molecular formula is C10H9N3O2S. The molecule has 2 aromatic rings. The highest BCUT2D eigenvalue weighted by atomic mass is 32.1. The summed E-state index contributed by atoms with van der Waals surface area (Å²) >= 11 is 1.30. The number of H-pyrrole nitrogens is 1. The summed E-state index contributed by atoms with van der Waals surface area (Å²) < 4.78 is 0. The van der Waals surface area contributed by atoms with Gasteiger partial charge in [0.1, 0.15) is 5.56 Å². The second-order valence-electron chi connectivity index (χ2n) is 3.19. The number of anilines is 1. The number of carbonyl (C=O) groups is 1. The van der Waals surface area contributed by atoms with Crippen LogP contribution in [-0.4, -0.2) is 15.9 Å². The van der Waals surface area contributed by atoms with Crippen LogP contribution in [0.25, 0.3) is 0 Å². The van der Waals surface area contributed by atoms with Crippen LogP contribution in [0.4, 0.5) is 5.13 Å². The molecule has 0 fully saturated rings. The summed E-state index contributed by atoms with van der Waals surface area (Å²) in [5, 5.41) is 4.77. The number of aromatic nitrogens is 2. The van der Waals surface area contributed by atoms with E-state index in [4.69, 9.17) is 0 Å². The maximum Gasteiger partial charge on any atom is 0.262 e. The van der Waals surface area contributed by atoms with E-state index in [2.05, 4.69) is 15.3 Å². The Morgan fingerprint density at radius 3 is 3.00 bits per heavy atom. The van der Waals surface area contributed by atoms with E-state index in [0.29, 0.717) is 5.13 Å². The van der Waals surface area contributed by atoms with Crippen LogP contribution in [-0.2, 0) is 0 Å². The molecule has 0 aliphatic carbocycles. The highest BCUT2D eigenvalue weighted by Crippen LogP contribution is 2.10. The molecule has 0 aliphatic rings. The Hall–Kier alpha value is -1.95. The predicted octanol–water partition coefficient (Wildman–Crippen LogP) is 1.39. The summed E-state index contributed by atoms with van der Waals surface area (Å²) in [5.74, 6) is -0.448. The fourth-order valence-corrected chi connectivity index (χ4v) is 1.72. The number of nitrogens with one attached hydrogen (secondary N) is 2. The molecule has 2 heterocycles. The number of amides is 1. The first kappa shape index (κ1) is 10.6. The minimum atomic E-state index is -0.448. The number of hydrogen-bond donors (Lipinski definition) is 2. The lowest BCUT2D eigenvalue weighted by atomic mass is 10.2. The van der Waals surface area contributed by atoms with Crippen molar-refractivity contribution in [3.8, 4) is 0 Å². The average Bonchev–Trinajstić information content (AvgIpc) is 2.70. The van der Waals surface area contributed by atoms with Gasteiger partial charge in [-0.3, -0.25) is 14.9 Å². The maximum atomic E-state index is 11.7. The van der Waals surface area contributed by atoms with E-state index in [-0.39, 0.29) is 11.0 Å². The summed E-state index contributed by atoms with van der Waals surface area (Å²) in [6.07, 6.45) is 2.99. The molecule has 5 nitrogen and oxygen atoms in total. The van der Waals surface area contributed by atoms with Crippen molar-refractivity contribution < 1.29 is 4.79 Å². The van der Waals surface area contributed by atoms with Crippen molar-refractivity contribution in [3.63, 3.8) is 0 Å². The SMILES string of the molecule is Cc1cc(=O)c(C(=O)Nc2nccs2)c[nH]1. The third-order valence-corrected chi connectivity index (χ3v) is 2.64. The van der Waals surface area contributed by atoms with E-state index in [9.17, 15) is 9.59 Å². The van der Waals surface area contributed by atoms with Crippen LogP contribution in [0.5, 0.6) is 0 Å². The molecular weight excluding hydrogens is 226 g/mol. The molecule has 6 heteroatoms. The molecule has 0 aromatic carbocycles. The molecule has 0 atom stereocenters. The molecule has 0 radical (unpaired) electrons. The van der Waals surface area contributed by atoms with E-state index in [1.807, 2.05) is 0 Å². The predicted molar refractivity (Wildman–Crippen MR) is 61.9 cm³/mol. The average molecular weight is 235 g/mol. The van der Waals surface area contributed by atoms with Gasteiger partial charge in [-0.1, -0.05) is 0 Å². The van der Waals surface area contributed by atoms with Gasteiger partial charge in [-0.05, 0) is 6.92 Å². The van der Waals surface area contributed by atoms with Gasteiger partial charge in [0.25, 0.3) is 5.91 Å². The van der Waals surface area contributed by atoms with Gasteiger partial charge in [-0.15, -0.1) is 11.3 Å². The van der Waals surface area contributed by atoms with Gasteiger partial charge in [0.2, 0.25) is 0 Å². The summed E-state index contributed by atoms with van der Waals surface area (Å²) in [6.45, 7) is 1.75. The third-order valence-electron chi connectivity index (χ3n) is 1.95. The first-order valence-electron chi connectivity index (χ1n) is 4.57. The number of carbonyl (C=O) groups excluding carboxylic acids is 1. The number of hydrogen-bond acceptors (Lipinski definition) is 4. The van der Waals surface area contributed by atoms with Crippen LogP contribution < -0.4 is 10.7 Å². The van der Waals surface area contributed by atoms with Crippen molar-refractivity contribution in [1.82, 2.24) is 9.97 Å². The number of rotatable bonds is 2. The lowest BCUT2D eigenvalue weighted by Crippen LogP contribution is -2.21. The molecule has 0 spiro atoms. The van der Waals surface area contributed by atoms with Crippen LogP contribution in [0.2, 0.25) is 0 Å². The number of aryl methyl sites for hydroxylation is 1. The smallest absolute Gasteiger partial charge is 0.262 e. The lowest BCUT2D eigenvalue weighted by molar-refractivity contribution is 0.102. The summed E-state index contributed by atoms with van der Waals surface area (Å²) in [5.41, 5.74) is 0.502. The van der Waals surface area contributed by atoms with Crippen LogP contribution >= 0.6 is 11.3 Å². The van der Waals surface area contributed by atoms with Gasteiger partial charge in [0.05, 0.1) is 0 Å². The van der Waals surface area contributed by atoms with E-state index < -0.39 is 5.91 Å². The van der Waals surface area contributed by atoms with Gasteiger partial charge in [-0.2, -0.15) is 0 Å². The molecule has 0 saturated heterocycles. The number of aromatic amines is 1. The van der Waals surface area contributed by atoms with Gasteiger partial charge in [0, 0.05) is 29.5 Å². The Bertz CT molecular complexity index is 560. The normalized spacial score (nSPS) is 10.1. The first-order chi connectivity index (χ1) is 7.66. The Morgan fingerprint density at radius 2 is 2.38 bits per heavy atom. The molecule has 0 saturated carbocycles. The van der Waals surface area contributed by atoms with Crippen molar-refractivity contribution in [2.75, 3.05) is 5.32 Å². The zero-order chi connectivity index (χ0) is 11.5. The zero-order valence-corrected chi connectivity index (χ0v) is 9.30. The van der Waals surface area contributed by atoms with Crippen molar-refractivity contribution >= 4 is 22.4 Å². The number of pyridine rings is 1. The standard InChI is InChI=1S/C10H9N3O2S/c1-6-4-8(14)7(5-12-6)9(15)13-10-11-2-3-16-10/h2-5H,1H3,(H,12,14)(H,11,13,15). The Labute approximate surface area is 95.2 Å². The molecule has 16 heavy (non-hydrogen) atoms. The second-order valence-corrected chi connectivity index (χ2v) is 4.08. The van der Waals surface area contributed by atoms with E-state index >= 15 is 0 Å². The van der Waals surface area contributed by atoms with E-state index in [0.717, 1.165) is 5.69 Å². The molecule has 2 N–H and O–H groups in total. The number of nitrogens with zero attached hydrogens (tertiary/aromatic N) is 1. The third kappa shape index (κ3) is 2.17. The summed E-state index contributed by atoms with van der Waals surface area (Å²) in [4.78, 5) is 29.9. The monoisotopic (exact) mass is 235 g/mol. The summed E-state index contributed by atoms with van der Waals surface area (Å²) in [7, 11) is 0. The molecule has 0 unspecified atom stereocenters. The van der Waals surface area contributed by atoms with Gasteiger partial charge < -0.3 is 4.98 Å². The minimum absolute atomic E-state index is 0.0841. The van der Waals surface area contributed by atoms with Crippen LogP contribution in [0.3, 0.4) is 0 Å². The second kappa shape index (κ2) is 4.28. The van der Waals surface area contributed by atoms with E-state index in [1.165, 1.54) is 23.6 Å². The summed E-state index contributed by atoms with van der Waals surface area (Å²) in [6, 6.07) is 1.39. The fraction of sp³-hybridized carbons (Fsp3) is 0.100. The molecule has 0 bridgehead atoms. The van der Waals surface area contributed by atoms with Crippen molar-refractivity contribution in [1.29, 1.82) is 0 Å². The molecule has 0 aliphatic heterocycles. The Balaban J connectivity index is 2.25. The quantitative estimate of drug-likeness (QED) is 0.826. The Kier molecular flexibility index (Phi) is 2.82. The van der Waals surface area contributed by atoms with Gasteiger partial charge in [0.15, 0.2) is 10.6 Å². The van der Waals surface area contributed by atoms with Crippen LogP contribution in [0.1, 0.15) is 16.1 Å². The van der Waals surface area contributed by atoms with Gasteiger partial charge >= 0.3 is 0 Å². The highest BCUT2D eigenvalue weighted by molar-refractivity contribution is 7.13. The first-order valence-corrected chi connectivity index (χ1v) is 5.45. The highest BCUT2D eigenvalue weighted by Gasteiger charge is 2.11.